The van der Waals surface area contributed by atoms with Crippen molar-refractivity contribution in [3.05, 3.63) is 28.3 Å². The molecule has 0 amide bonds. The number of nitrogens with zero attached hydrogens (tertiary/aromatic N) is 2. The lowest BCUT2D eigenvalue weighted by Gasteiger charge is -2.20. The van der Waals surface area contributed by atoms with E-state index in [-0.39, 0.29) is 6.79 Å². The molecule has 1 aliphatic rings. The Morgan fingerprint density at radius 2 is 2.32 bits per heavy atom. The Labute approximate surface area is 142 Å². The molecule has 2 heterocycles. The average Bonchev–Trinajstić information content (AvgIpc) is 2.98. The molecule has 2 aromatic rings. The first kappa shape index (κ1) is 15.9. The van der Waals surface area contributed by atoms with E-state index >= 15 is 0 Å². The average molecular weight is 358 g/mol. The molecule has 0 saturated carbocycles. The van der Waals surface area contributed by atoms with E-state index in [4.69, 9.17) is 21.1 Å². The minimum absolute atomic E-state index is 0.288. The fourth-order valence-corrected chi connectivity index (χ4v) is 4.08. The van der Waals surface area contributed by atoms with Crippen molar-refractivity contribution >= 4 is 39.8 Å². The van der Waals surface area contributed by atoms with Crippen LogP contribution in [0.15, 0.2) is 16.5 Å². The maximum atomic E-state index is 6.17. The molecule has 0 bridgehead atoms. The number of thioether (sulfide) groups is 1. The third-order valence-electron chi connectivity index (χ3n) is 3.04. The topological polar surface area (TPSA) is 56.3 Å². The lowest BCUT2D eigenvalue weighted by atomic mass is 10.1. The molecule has 0 fully saturated rings. The second-order valence-electron chi connectivity index (χ2n) is 4.75. The summed E-state index contributed by atoms with van der Waals surface area (Å²) in [4.78, 5) is 0. The van der Waals surface area contributed by atoms with Gasteiger partial charge >= 0.3 is 0 Å². The lowest BCUT2D eigenvalue weighted by Crippen LogP contribution is -2.12. The number of benzene rings is 1. The number of fused-ring (bicyclic) bond motifs is 1. The highest BCUT2D eigenvalue weighted by Gasteiger charge is 2.17. The third kappa shape index (κ3) is 3.84. The van der Waals surface area contributed by atoms with E-state index in [1.807, 2.05) is 12.1 Å². The van der Waals surface area contributed by atoms with E-state index in [1.54, 1.807) is 23.1 Å². The van der Waals surface area contributed by atoms with Crippen LogP contribution < -0.4 is 10.1 Å². The van der Waals surface area contributed by atoms with Crippen LogP contribution in [0.5, 0.6) is 5.75 Å². The molecule has 0 unspecified atom stereocenters. The first-order valence-electron chi connectivity index (χ1n) is 6.98. The van der Waals surface area contributed by atoms with Crippen molar-refractivity contribution < 1.29 is 9.47 Å². The number of hydrogen-bond acceptors (Lipinski definition) is 7. The molecule has 22 heavy (non-hydrogen) atoms. The number of rotatable bonds is 6. The first-order chi connectivity index (χ1) is 10.8. The molecular formula is C14H16ClN3O2S2. The maximum Gasteiger partial charge on any atom is 0.206 e. The Kier molecular flexibility index (Phi) is 5.41. The first-order valence-corrected chi connectivity index (χ1v) is 9.16. The number of nitrogens with one attached hydrogen (secondary N) is 1. The quantitative estimate of drug-likeness (QED) is 0.783. The normalized spacial score (nSPS) is 13.5. The molecule has 0 radical (unpaired) electrons. The van der Waals surface area contributed by atoms with Gasteiger partial charge in [0, 0.05) is 28.4 Å². The van der Waals surface area contributed by atoms with Crippen LogP contribution in [0.1, 0.15) is 24.5 Å². The number of anilines is 1. The minimum Gasteiger partial charge on any atom is -0.467 e. The van der Waals surface area contributed by atoms with Gasteiger partial charge in [-0.3, -0.25) is 0 Å². The SMILES string of the molecule is CCCNc1nnc(SCc2cc(Cl)cc3c2OCOC3)s1. The van der Waals surface area contributed by atoms with Gasteiger partial charge < -0.3 is 14.8 Å². The van der Waals surface area contributed by atoms with Gasteiger partial charge in [0.2, 0.25) is 5.13 Å². The van der Waals surface area contributed by atoms with Crippen molar-refractivity contribution in [1.82, 2.24) is 10.2 Å². The van der Waals surface area contributed by atoms with Crippen LogP contribution in [0.4, 0.5) is 5.13 Å². The second-order valence-corrected chi connectivity index (χ2v) is 7.39. The Morgan fingerprint density at radius 1 is 1.41 bits per heavy atom. The van der Waals surface area contributed by atoms with Crippen molar-refractivity contribution in [3.63, 3.8) is 0 Å². The summed E-state index contributed by atoms with van der Waals surface area (Å²) in [7, 11) is 0. The van der Waals surface area contributed by atoms with Crippen LogP contribution in [0.2, 0.25) is 5.02 Å². The highest BCUT2D eigenvalue weighted by Crippen LogP contribution is 2.36. The predicted molar refractivity (Wildman–Crippen MR) is 90.0 cm³/mol. The van der Waals surface area contributed by atoms with Crippen LogP contribution >= 0.6 is 34.7 Å². The molecule has 118 valence electrons. The van der Waals surface area contributed by atoms with Gasteiger partial charge in [0.25, 0.3) is 0 Å². The minimum atomic E-state index is 0.288. The number of ether oxygens (including phenoxy) is 2. The van der Waals surface area contributed by atoms with Crippen LogP contribution in [-0.2, 0) is 17.1 Å². The third-order valence-corrected chi connectivity index (χ3v) is 5.32. The standard InChI is InChI=1S/C14H16ClN3O2S2/c1-2-3-16-13-17-18-14(22-13)21-7-10-5-11(15)4-9-6-19-8-20-12(9)10/h4-5H,2-3,6-8H2,1H3,(H,16,17). The highest BCUT2D eigenvalue weighted by molar-refractivity contribution is 8.00. The predicted octanol–water partition coefficient (Wildman–Crippen LogP) is 4.17. The molecule has 3 rings (SSSR count). The molecule has 0 aliphatic carbocycles. The van der Waals surface area contributed by atoms with Crippen LogP contribution in [0, 0.1) is 0 Å². The zero-order chi connectivity index (χ0) is 15.4. The van der Waals surface area contributed by atoms with E-state index in [9.17, 15) is 0 Å². The van der Waals surface area contributed by atoms with Gasteiger partial charge in [-0.15, -0.1) is 10.2 Å². The van der Waals surface area contributed by atoms with Crippen LogP contribution in [0.3, 0.4) is 0 Å². The van der Waals surface area contributed by atoms with E-state index in [0.29, 0.717) is 11.6 Å². The Morgan fingerprint density at radius 3 is 3.18 bits per heavy atom. The van der Waals surface area contributed by atoms with E-state index in [0.717, 1.165) is 45.1 Å². The van der Waals surface area contributed by atoms with Gasteiger partial charge in [0.1, 0.15) is 5.75 Å². The molecule has 8 heteroatoms. The van der Waals surface area contributed by atoms with E-state index in [2.05, 4.69) is 22.4 Å². The number of hydrogen-bond donors (Lipinski definition) is 1. The summed E-state index contributed by atoms with van der Waals surface area (Å²) in [6.07, 6.45) is 1.07. The van der Waals surface area contributed by atoms with Crippen LogP contribution in [0.25, 0.3) is 0 Å². The summed E-state index contributed by atoms with van der Waals surface area (Å²) in [6.45, 7) is 3.86. The summed E-state index contributed by atoms with van der Waals surface area (Å²) in [6, 6.07) is 3.83. The molecule has 0 saturated heterocycles. The molecule has 5 nitrogen and oxygen atoms in total. The summed E-state index contributed by atoms with van der Waals surface area (Å²) in [5.41, 5.74) is 2.06. The van der Waals surface area contributed by atoms with E-state index < -0.39 is 0 Å². The Bertz CT molecular complexity index is 651. The monoisotopic (exact) mass is 357 g/mol. The van der Waals surface area contributed by atoms with Gasteiger partial charge in [-0.2, -0.15) is 0 Å². The number of halogens is 1. The Balaban J connectivity index is 1.68. The fraction of sp³-hybridized carbons (Fsp3) is 0.429. The highest BCUT2D eigenvalue weighted by atomic mass is 35.5. The van der Waals surface area contributed by atoms with Gasteiger partial charge in [0.05, 0.1) is 6.61 Å². The van der Waals surface area contributed by atoms with Crippen molar-refractivity contribution in [3.8, 4) is 5.75 Å². The summed E-state index contributed by atoms with van der Waals surface area (Å²) in [5.74, 6) is 1.63. The summed E-state index contributed by atoms with van der Waals surface area (Å²) in [5, 5.41) is 13.1. The van der Waals surface area contributed by atoms with Crippen molar-refractivity contribution in [2.45, 2.75) is 30.0 Å². The Hall–Kier alpha value is -1.02. The molecule has 0 atom stereocenters. The van der Waals surface area contributed by atoms with E-state index in [1.165, 1.54) is 0 Å². The molecule has 1 aromatic carbocycles. The zero-order valence-electron chi connectivity index (χ0n) is 12.1. The molecule has 0 spiro atoms. The molecular weight excluding hydrogens is 342 g/mol. The van der Waals surface area contributed by atoms with Gasteiger partial charge in [-0.25, -0.2) is 0 Å². The lowest BCUT2D eigenvalue weighted by molar-refractivity contribution is -0.0168. The molecule has 1 aliphatic heterocycles. The zero-order valence-corrected chi connectivity index (χ0v) is 14.5. The molecule has 1 N–H and O–H groups in total. The largest absolute Gasteiger partial charge is 0.467 e. The second kappa shape index (κ2) is 7.50. The fourth-order valence-electron chi connectivity index (χ4n) is 2.07. The van der Waals surface area contributed by atoms with Crippen molar-refractivity contribution in [1.29, 1.82) is 0 Å². The van der Waals surface area contributed by atoms with Gasteiger partial charge in [-0.1, -0.05) is 41.6 Å². The number of aromatic nitrogens is 2. The summed E-state index contributed by atoms with van der Waals surface area (Å²) < 4.78 is 11.8. The van der Waals surface area contributed by atoms with Crippen molar-refractivity contribution in [2.24, 2.45) is 0 Å². The van der Waals surface area contributed by atoms with Crippen molar-refractivity contribution in [2.75, 3.05) is 18.7 Å². The van der Waals surface area contributed by atoms with Gasteiger partial charge in [-0.05, 0) is 18.6 Å². The smallest absolute Gasteiger partial charge is 0.206 e. The van der Waals surface area contributed by atoms with Crippen LogP contribution in [-0.4, -0.2) is 23.5 Å². The summed E-state index contributed by atoms with van der Waals surface area (Å²) >= 11 is 9.37. The van der Waals surface area contributed by atoms with Gasteiger partial charge in [0.15, 0.2) is 11.1 Å². The maximum absolute atomic E-state index is 6.17. The molecule has 1 aromatic heterocycles.